The topological polar surface area (TPSA) is 50.9 Å². The minimum Gasteiger partial charge on any atom is -0.398 e. The van der Waals surface area contributed by atoms with E-state index in [0.717, 1.165) is 39.9 Å². The van der Waals surface area contributed by atoms with E-state index in [2.05, 4.69) is 17.2 Å². The van der Waals surface area contributed by atoms with Gasteiger partial charge in [-0.05, 0) is 31.2 Å². The molecule has 0 fully saturated rings. The van der Waals surface area contributed by atoms with E-state index < -0.39 is 0 Å². The molecule has 3 nitrogen and oxygen atoms in total. The predicted octanol–water partition coefficient (Wildman–Crippen LogP) is 4.15. The minimum atomic E-state index is 0.167. The Labute approximate surface area is 135 Å². The zero-order valence-corrected chi connectivity index (χ0v) is 13.6. The molecule has 1 heterocycles. The number of aromatic nitrogens is 1. The first-order chi connectivity index (χ1) is 10.2. The Balaban J connectivity index is 2.10. The molecule has 0 radical (unpaired) electrons. The van der Waals surface area contributed by atoms with Crippen molar-refractivity contribution in [2.45, 2.75) is 24.3 Å². The van der Waals surface area contributed by atoms with Crippen LogP contribution in [0.25, 0.3) is 0 Å². The molecule has 3 N–H and O–H groups in total. The van der Waals surface area contributed by atoms with Gasteiger partial charge in [-0.1, -0.05) is 30.7 Å². The van der Waals surface area contributed by atoms with E-state index in [-0.39, 0.29) is 6.04 Å². The average Bonchev–Trinajstić information content (AvgIpc) is 2.50. The molecule has 0 saturated heterocycles. The first-order valence-corrected chi connectivity index (χ1v) is 8.38. The molecule has 0 spiro atoms. The van der Waals surface area contributed by atoms with Gasteiger partial charge < -0.3 is 11.1 Å². The summed E-state index contributed by atoms with van der Waals surface area (Å²) in [6.45, 7) is 3.10. The Kier molecular flexibility index (Phi) is 6.36. The van der Waals surface area contributed by atoms with E-state index in [4.69, 9.17) is 17.3 Å². The minimum absolute atomic E-state index is 0.167. The van der Waals surface area contributed by atoms with Crippen molar-refractivity contribution >= 4 is 29.1 Å². The Morgan fingerprint density at radius 1 is 1.33 bits per heavy atom. The zero-order valence-electron chi connectivity index (χ0n) is 12.1. The molecule has 0 aliphatic carbocycles. The van der Waals surface area contributed by atoms with Gasteiger partial charge in [-0.3, -0.25) is 4.98 Å². The van der Waals surface area contributed by atoms with E-state index in [0.29, 0.717) is 0 Å². The van der Waals surface area contributed by atoms with Crippen LogP contribution in [0, 0.1) is 0 Å². The van der Waals surface area contributed by atoms with Gasteiger partial charge in [0.15, 0.2) is 0 Å². The predicted molar refractivity (Wildman–Crippen MR) is 91.9 cm³/mol. The van der Waals surface area contributed by atoms with Gasteiger partial charge in [-0.15, -0.1) is 11.8 Å². The van der Waals surface area contributed by atoms with Crippen molar-refractivity contribution in [2.75, 3.05) is 18.0 Å². The highest BCUT2D eigenvalue weighted by molar-refractivity contribution is 7.99. The van der Waals surface area contributed by atoms with Gasteiger partial charge in [0, 0.05) is 40.3 Å². The maximum atomic E-state index is 6.21. The number of hydrogen-bond donors (Lipinski definition) is 2. The number of nitrogens with zero attached hydrogens (tertiary/aromatic N) is 1. The van der Waals surface area contributed by atoms with Gasteiger partial charge in [0.25, 0.3) is 0 Å². The van der Waals surface area contributed by atoms with Crippen LogP contribution in [0.4, 0.5) is 5.69 Å². The summed E-state index contributed by atoms with van der Waals surface area (Å²) >= 11 is 7.94. The summed E-state index contributed by atoms with van der Waals surface area (Å²) in [5.41, 5.74) is 7.90. The number of benzene rings is 1. The normalized spacial score (nSPS) is 12.3. The van der Waals surface area contributed by atoms with Crippen molar-refractivity contribution in [3.05, 3.63) is 53.3 Å². The third kappa shape index (κ3) is 4.63. The zero-order chi connectivity index (χ0) is 15.1. The first kappa shape index (κ1) is 16.1. The summed E-state index contributed by atoms with van der Waals surface area (Å²) in [5.74, 6) is 0.861. The van der Waals surface area contributed by atoms with Crippen LogP contribution in [0.1, 0.15) is 24.9 Å². The molecular weight excluding hydrogens is 302 g/mol. The second-order valence-electron chi connectivity index (χ2n) is 4.75. The van der Waals surface area contributed by atoms with Crippen LogP contribution in [-0.2, 0) is 0 Å². The summed E-state index contributed by atoms with van der Waals surface area (Å²) in [4.78, 5) is 5.28. The standard InChI is InChI=1S/C16H20ClN3S/c1-2-8-20-15(12-10-19-9-7-14(12)18)11-21-16-6-4-3-5-13(16)17/h3-7,9-10,15,20H,2,8,11H2,1H3,(H2,18,19). The van der Waals surface area contributed by atoms with Crippen molar-refractivity contribution in [3.8, 4) is 0 Å². The Morgan fingerprint density at radius 2 is 2.14 bits per heavy atom. The molecule has 1 aromatic carbocycles. The van der Waals surface area contributed by atoms with Crippen molar-refractivity contribution in [3.63, 3.8) is 0 Å². The van der Waals surface area contributed by atoms with Gasteiger partial charge in [0.05, 0.1) is 5.02 Å². The summed E-state index contributed by atoms with van der Waals surface area (Å²) < 4.78 is 0. The SMILES string of the molecule is CCCNC(CSc1ccccc1Cl)c1cnccc1N. The summed E-state index contributed by atoms with van der Waals surface area (Å²) in [7, 11) is 0. The molecule has 21 heavy (non-hydrogen) atoms. The summed E-state index contributed by atoms with van der Waals surface area (Å²) in [5, 5.41) is 4.32. The highest BCUT2D eigenvalue weighted by Crippen LogP contribution is 2.31. The highest BCUT2D eigenvalue weighted by atomic mass is 35.5. The number of thioether (sulfide) groups is 1. The second-order valence-corrected chi connectivity index (χ2v) is 6.22. The Morgan fingerprint density at radius 3 is 2.86 bits per heavy atom. The van der Waals surface area contributed by atoms with Crippen molar-refractivity contribution in [1.29, 1.82) is 0 Å². The molecule has 1 aromatic heterocycles. The molecule has 0 bridgehead atoms. The number of nitrogens with two attached hydrogens (primary N) is 1. The number of nitrogen functional groups attached to an aromatic ring is 1. The fourth-order valence-electron chi connectivity index (χ4n) is 2.02. The molecule has 2 rings (SSSR count). The van der Waals surface area contributed by atoms with Gasteiger partial charge in [-0.25, -0.2) is 0 Å². The smallest absolute Gasteiger partial charge is 0.0541 e. The summed E-state index contributed by atoms with van der Waals surface area (Å²) in [6, 6.07) is 9.91. The number of nitrogens with one attached hydrogen (secondary N) is 1. The van der Waals surface area contributed by atoms with Crippen LogP contribution in [0.3, 0.4) is 0 Å². The van der Waals surface area contributed by atoms with Gasteiger partial charge >= 0.3 is 0 Å². The Bertz CT molecular complexity index is 577. The van der Waals surface area contributed by atoms with Gasteiger partial charge in [0.1, 0.15) is 0 Å². The fraction of sp³-hybridized carbons (Fsp3) is 0.312. The second kappa shape index (κ2) is 8.27. The molecule has 1 atom stereocenters. The number of anilines is 1. The van der Waals surface area contributed by atoms with Crippen molar-refractivity contribution in [2.24, 2.45) is 0 Å². The van der Waals surface area contributed by atoms with Crippen LogP contribution in [0.15, 0.2) is 47.6 Å². The fourth-order valence-corrected chi connectivity index (χ4v) is 3.34. The van der Waals surface area contributed by atoms with Crippen molar-refractivity contribution < 1.29 is 0 Å². The monoisotopic (exact) mass is 321 g/mol. The number of rotatable bonds is 7. The van der Waals surface area contributed by atoms with Crippen molar-refractivity contribution in [1.82, 2.24) is 10.3 Å². The lowest BCUT2D eigenvalue weighted by molar-refractivity contribution is 0.577. The molecular formula is C16H20ClN3S. The molecule has 0 aliphatic rings. The molecule has 0 aliphatic heterocycles. The third-order valence-corrected chi connectivity index (χ3v) is 4.75. The first-order valence-electron chi connectivity index (χ1n) is 7.02. The van der Waals surface area contributed by atoms with E-state index >= 15 is 0 Å². The highest BCUT2D eigenvalue weighted by Gasteiger charge is 2.15. The van der Waals surface area contributed by atoms with Crippen LogP contribution >= 0.6 is 23.4 Å². The van der Waals surface area contributed by atoms with Crippen LogP contribution in [-0.4, -0.2) is 17.3 Å². The molecule has 112 valence electrons. The average molecular weight is 322 g/mol. The van der Waals surface area contributed by atoms with Crippen LogP contribution in [0.5, 0.6) is 0 Å². The van der Waals surface area contributed by atoms with Crippen LogP contribution < -0.4 is 11.1 Å². The quantitative estimate of drug-likeness (QED) is 0.752. The van der Waals surface area contributed by atoms with E-state index in [1.807, 2.05) is 36.5 Å². The molecule has 2 aromatic rings. The lowest BCUT2D eigenvalue weighted by atomic mass is 10.1. The summed E-state index contributed by atoms with van der Waals surface area (Å²) in [6.07, 6.45) is 4.64. The van der Waals surface area contributed by atoms with E-state index in [9.17, 15) is 0 Å². The van der Waals surface area contributed by atoms with Gasteiger partial charge in [0.2, 0.25) is 0 Å². The third-order valence-electron chi connectivity index (χ3n) is 3.15. The molecule has 0 amide bonds. The number of halogens is 1. The number of pyridine rings is 1. The van der Waals surface area contributed by atoms with Gasteiger partial charge in [-0.2, -0.15) is 0 Å². The maximum absolute atomic E-state index is 6.21. The van der Waals surface area contributed by atoms with E-state index in [1.165, 1.54) is 0 Å². The van der Waals surface area contributed by atoms with Crippen LogP contribution in [0.2, 0.25) is 5.02 Å². The van der Waals surface area contributed by atoms with E-state index in [1.54, 1.807) is 18.0 Å². The largest absolute Gasteiger partial charge is 0.398 e. The molecule has 1 unspecified atom stereocenters. The molecule has 0 saturated carbocycles. The number of hydrogen-bond acceptors (Lipinski definition) is 4. The lowest BCUT2D eigenvalue weighted by Gasteiger charge is -2.20. The Hall–Kier alpha value is -1.23. The lowest BCUT2D eigenvalue weighted by Crippen LogP contribution is -2.25. The maximum Gasteiger partial charge on any atom is 0.0541 e. The molecule has 5 heteroatoms.